The van der Waals surface area contributed by atoms with E-state index < -0.39 is 0 Å². The van der Waals surface area contributed by atoms with Crippen LogP contribution in [0.1, 0.15) is 27.0 Å². The molecule has 110 valence electrons. The molecule has 0 bridgehead atoms. The van der Waals surface area contributed by atoms with Crippen LogP contribution in [0.2, 0.25) is 0 Å². The van der Waals surface area contributed by atoms with Crippen molar-refractivity contribution < 1.29 is 14.3 Å². The molecule has 0 heterocycles. The number of rotatable bonds is 4. The van der Waals surface area contributed by atoms with Crippen molar-refractivity contribution >= 4 is 11.5 Å². The standard InChI is InChI=1S/C17H19NO3/c1-10-7-12(18)5-6-13(10)17(19)14-9-16(21-4)15(20-3)8-11(14)2/h5-9H,18H2,1-4H3. The highest BCUT2D eigenvalue weighted by Crippen LogP contribution is 2.31. The van der Waals surface area contributed by atoms with Gasteiger partial charge in [-0.3, -0.25) is 4.79 Å². The van der Waals surface area contributed by atoms with Gasteiger partial charge in [0.15, 0.2) is 17.3 Å². The van der Waals surface area contributed by atoms with Crippen LogP contribution in [0.4, 0.5) is 5.69 Å². The van der Waals surface area contributed by atoms with E-state index in [1.165, 1.54) is 0 Å². The highest BCUT2D eigenvalue weighted by Gasteiger charge is 2.17. The van der Waals surface area contributed by atoms with Crippen molar-refractivity contribution in [3.8, 4) is 11.5 Å². The first-order valence-electron chi connectivity index (χ1n) is 6.61. The summed E-state index contributed by atoms with van der Waals surface area (Å²) in [6.45, 7) is 3.75. The molecule has 0 unspecified atom stereocenters. The second-order valence-electron chi connectivity index (χ2n) is 4.93. The van der Waals surface area contributed by atoms with E-state index in [9.17, 15) is 4.79 Å². The summed E-state index contributed by atoms with van der Waals surface area (Å²) >= 11 is 0. The molecule has 0 saturated carbocycles. The number of aryl methyl sites for hydroxylation is 2. The van der Waals surface area contributed by atoms with E-state index in [2.05, 4.69) is 0 Å². The van der Waals surface area contributed by atoms with Crippen LogP contribution in [0, 0.1) is 13.8 Å². The molecule has 2 aromatic rings. The molecule has 4 nitrogen and oxygen atoms in total. The number of nitrogens with two attached hydrogens (primary N) is 1. The maximum atomic E-state index is 12.7. The van der Waals surface area contributed by atoms with E-state index in [1.807, 2.05) is 13.8 Å². The molecule has 0 aliphatic heterocycles. The summed E-state index contributed by atoms with van der Waals surface area (Å²) in [5, 5.41) is 0. The van der Waals surface area contributed by atoms with Gasteiger partial charge in [-0.2, -0.15) is 0 Å². The first kappa shape index (κ1) is 14.9. The summed E-state index contributed by atoms with van der Waals surface area (Å²) in [5.41, 5.74) is 9.31. The van der Waals surface area contributed by atoms with Gasteiger partial charge in [-0.15, -0.1) is 0 Å². The van der Waals surface area contributed by atoms with Gasteiger partial charge in [0.1, 0.15) is 0 Å². The molecular weight excluding hydrogens is 266 g/mol. The van der Waals surface area contributed by atoms with Crippen LogP contribution in [-0.4, -0.2) is 20.0 Å². The fourth-order valence-electron chi connectivity index (χ4n) is 2.31. The summed E-state index contributed by atoms with van der Waals surface area (Å²) in [6.07, 6.45) is 0. The number of ether oxygens (including phenoxy) is 2. The van der Waals surface area contributed by atoms with Crippen molar-refractivity contribution in [1.29, 1.82) is 0 Å². The summed E-state index contributed by atoms with van der Waals surface area (Å²) in [6, 6.07) is 8.80. The van der Waals surface area contributed by atoms with Crippen LogP contribution in [0.25, 0.3) is 0 Å². The van der Waals surface area contributed by atoms with Crippen LogP contribution in [-0.2, 0) is 0 Å². The highest BCUT2D eigenvalue weighted by atomic mass is 16.5. The van der Waals surface area contributed by atoms with Crippen LogP contribution < -0.4 is 15.2 Å². The van der Waals surface area contributed by atoms with Gasteiger partial charge in [0.2, 0.25) is 0 Å². The molecule has 0 fully saturated rings. The SMILES string of the molecule is COc1cc(C)c(C(=O)c2ccc(N)cc2C)cc1OC. The second kappa shape index (κ2) is 5.87. The van der Waals surface area contributed by atoms with Gasteiger partial charge in [-0.25, -0.2) is 0 Å². The smallest absolute Gasteiger partial charge is 0.193 e. The molecule has 4 heteroatoms. The van der Waals surface area contributed by atoms with E-state index >= 15 is 0 Å². The average Bonchev–Trinajstić information content (AvgIpc) is 2.46. The lowest BCUT2D eigenvalue weighted by molar-refractivity contribution is 0.103. The number of benzene rings is 2. The highest BCUT2D eigenvalue weighted by molar-refractivity contribution is 6.11. The summed E-state index contributed by atoms with van der Waals surface area (Å²) in [4.78, 5) is 12.7. The normalized spacial score (nSPS) is 10.3. The molecule has 0 atom stereocenters. The van der Waals surface area contributed by atoms with Crippen molar-refractivity contribution in [2.24, 2.45) is 0 Å². The van der Waals surface area contributed by atoms with E-state index in [4.69, 9.17) is 15.2 Å². The molecule has 0 spiro atoms. The summed E-state index contributed by atoms with van der Waals surface area (Å²) in [7, 11) is 3.12. The van der Waals surface area contributed by atoms with Crippen LogP contribution in [0.15, 0.2) is 30.3 Å². The van der Waals surface area contributed by atoms with Gasteiger partial charge in [0.05, 0.1) is 14.2 Å². The molecule has 2 aromatic carbocycles. The van der Waals surface area contributed by atoms with Crippen molar-refractivity contribution in [3.63, 3.8) is 0 Å². The van der Waals surface area contributed by atoms with Gasteiger partial charge in [0, 0.05) is 16.8 Å². The number of methoxy groups -OCH3 is 2. The maximum absolute atomic E-state index is 12.7. The molecule has 21 heavy (non-hydrogen) atoms. The van der Waals surface area contributed by atoms with Crippen LogP contribution in [0.3, 0.4) is 0 Å². The van der Waals surface area contributed by atoms with Gasteiger partial charge < -0.3 is 15.2 Å². The van der Waals surface area contributed by atoms with Crippen molar-refractivity contribution in [3.05, 3.63) is 52.6 Å². The van der Waals surface area contributed by atoms with Crippen LogP contribution >= 0.6 is 0 Å². The van der Waals surface area contributed by atoms with Gasteiger partial charge >= 0.3 is 0 Å². The quantitative estimate of drug-likeness (QED) is 0.692. The van der Waals surface area contributed by atoms with Crippen molar-refractivity contribution in [2.45, 2.75) is 13.8 Å². The molecule has 0 aliphatic rings. The van der Waals surface area contributed by atoms with E-state index in [1.54, 1.807) is 44.6 Å². The van der Waals surface area contributed by atoms with Crippen molar-refractivity contribution in [2.75, 3.05) is 20.0 Å². The fraction of sp³-hybridized carbons (Fsp3) is 0.235. The van der Waals surface area contributed by atoms with Gasteiger partial charge in [-0.05, 0) is 55.3 Å². The van der Waals surface area contributed by atoms with E-state index in [0.29, 0.717) is 28.3 Å². The topological polar surface area (TPSA) is 61.5 Å². The Morgan fingerprint density at radius 3 is 2.05 bits per heavy atom. The third-order valence-corrected chi connectivity index (χ3v) is 3.47. The lowest BCUT2D eigenvalue weighted by atomic mass is 9.95. The lowest BCUT2D eigenvalue weighted by Crippen LogP contribution is -2.07. The Kier molecular flexibility index (Phi) is 4.17. The molecule has 0 saturated heterocycles. The summed E-state index contributed by atoms with van der Waals surface area (Å²) in [5.74, 6) is 1.10. The molecule has 2 N–H and O–H groups in total. The zero-order chi connectivity index (χ0) is 15.6. The molecule has 0 aliphatic carbocycles. The average molecular weight is 285 g/mol. The minimum atomic E-state index is -0.0500. The Balaban J connectivity index is 2.53. The zero-order valence-corrected chi connectivity index (χ0v) is 12.7. The number of anilines is 1. The Hall–Kier alpha value is -2.49. The van der Waals surface area contributed by atoms with Crippen molar-refractivity contribution in [1.82, 2.24) is 0 Å². The number of carbonyl (C=O) groups is 1. The first-order chi connectivity index (χ1) is 9.97. The third-order valence-electron chi connectivity index (χ3n) is 3.47. The second-order valence-corrected chi connectivity index (χ2v) is 4.93. The number of hydrogen-bond donors (Lipinski definition) is 1. The number of ketones is 1. The van der Waals surface area contributed by atoms with Crippen LogP contribution in [0.5, 0.6) is 11.5 Å². The Morgan fingerprint density at radius 1 is 0.905 bits per heavy atom. The fourth-order valence-corrected chi connectivity index (χ4v) is 2.31. The van der Waals surface area contributed by atoms with Gasteiger partial charge in [0.25, 0.3) is 0 Å². The van der Waals surface area contributed by atoms with E-state index in [-0.39, 0.29) is 5.78 Å². The summed E-state index contributed by atoms with van der Waals surface area (Å²) < 4.78 is 10.5. The molecule has 0 amide bonds. The van der Waals surface area contributed by atoms with E-state index in [0.717, 1.165) is 11.1 Å². The Morgan fingerprint density at radius 2 is 1.48 bits per heavy atom. The molecule has 0 radical (unpaired) electrons. The molecular formula is C17H19NO3. The maximum Gasteiger partial charge on any atom is 0.193 e. The van der Waals surface area contributed by atoms with Gasteiger partial charge in [-0.1, -0.05) is 0 Å². The Labute approximate surface area is 124 Å². The Bertz CT molecular complexity index is 693. The predicted octanol–water partition coefficient (Wildman–Crippen LogP) is 3.13. The minimum absolute atomic E-state index is 0.0500. The zero-order valence-electron chi connectivity index (χ0n) is 12.7. The first-order valence-corrected chi connectivity index (χ1v) is 6.61. The number of nitrogen functional groups attached to an aromatic ring is 1. The minimum Gasteiger partial charge on any atom is -0.493 e. The molecule has 0 aromatic heterocycles. The monoisotopic (exact) mass is 285 g/mol. The lowest BCUT2D eigenvalue weighted by Gasteiger charge is -2.13. The number of hydrogen-bond acceptors (Lipinski definition) is 4. The predicted molar refractivity (Wildman–Crippen MR) is 83.3 cm³/mol. The largest absolute Gasteiger partial charge is 0.493 e. The third kappa shape index (κ3) is 2.84. The molecule has 2 rings (SSSR count). The number of carbonyl (C=O) groups excluding carboxylic acids is 1.